The molecule has 10 heteroatoms. The lowest BCUT2D eigenvalue weighted by molar-refractivity contribution is -0.138. The third kappa shape index (κ3) is 6.23. The molecule has 3 aromatic rings. The number of hydrogen-bond donors (Lipinski definition) is 3. The molecule has 3 aliphatic heterocycles. The molecule has 1 amide bonds. The number of benzene rings is 1. The van der Waals surface area contributed by atoms with Crippen LogP contribution in [-0.2, 0) is 27.2 Å². The van der Waals surface area contributed by atoms with Crippen LogP contribution in [0, 0.1) is 5.92 Å². The third-order valence-electron chi connectivity index (χ3n) is 8.79. The van der Waals surface area contributed by atoms with Crippen molar-refractivity contribution in [3.63, 3.8) is 0 Å². The van der Waals surface area contributed by atoms with E-state index >= 15 is 0 Å². The van der Waals surface area contributed by atoms with Gasteiger partial charge in [-0.2, -0.15) is 5.10 Å². The number of para-hydroxylation sites is 1. The number of likely N-dealkylation sites (tertiary alicyclic amines) is 1. The van der Waals surface area contributed by atoms with Crippen molar-refractivity contribution >= 4 is 28.6 Å². The Labute approximate surface area is 240 Å². The van der Waals surface area contributed by atoms with Crippen molar-refractivity contribution in [2.75, 3.05) is 51.3 Å². The predicted molar refractivity (Wildman–Crippen MR) is 156 cm³/mol. The van der Waals surface area contributed by atoms with Gasteiger partial charge < -0.3 is 25.4 Å². The van der Waals surface area contributed by atoms with Crippen LogP contribution < -0.4 is 10.6 Å². The highest BCUT2D eigenvalue weighted by Gasteiger charge is 2.30. The number of rotatable bonds is 10. The molecule has 6 rings (SSSR count). The number of carbonyl (C=O) groups is 2. The van der Waals surface area contributed by atoms with Gasteiger partial charge >= 0.3 is 5.97 Å². The van der Waals surface area contributed by atoms with Gasteiger partial charge in [-0.25, -0.2) is 4.98 Å². The first-order valence-corrected chi connectivity index (χ1v) is 15.1. The van der Waals surface area contributed by atoms with Crippen LogP contribution in [0.1, 0.15) is 60.9 Å². The first-order chi connectivity index (χ1) is 20.1. The molecule has 3 aliphatic rings. The Kier molecular flexibility index (Phi) is 8.48. The Morgan fingerprint density at radius 1 is 1.20 bits per heavy atom. The van der Waals surface area contributed by atoms with Gasteiger partial charge in [0.25, 0.3) is 0 Å². The molecular weight excluding hydrogens is 520 g/mol. The lowest BCUT2D eigenvalue weighted by atomic mass is 9.94. The van der Waals surface area contributed by atoms with Gasteiger partial charge in [-0.15, -0.1) is 0 Å². The van der Waals surface area contributed by atoms with Gasteiger partial charge in [-0.05, 0) is 75.2 Å². The number of aliphatic carboxylic acids is 1. The molecular formula is C31H40N6O4. The molecule has 0 spiro atoms. The van der Waals surface area contributed by atoms with Crippen molar-refractivity contribution in [1.82, 2.24) is 25.0 Å². The smallest absolute Gasteiger partial charge is 0.312 e. The lowest BCUT2D eigenvalue weighted by Crippen LogP contribution is -2.44. The molecule has 0 bridgehead atoms. The second kappa shape index (κ2) is 12.6. The fraction of sp³-hybridized carbons (Fsp3) is 0.548. The summed E-state index contributed by atoms with van der Waals surface area (Å²) < 4.78 is 7.46. The number of piperidine rings is 1. The van der Waals surface area contributed by atoms with Gasteiger partial charge in [0.2, 0.25) is 5.91 Å². The van der Waals surface area contributed by atoms with Gasteiger partial charge in [0.1, 0.15) is 11.7 Å². The summed E-state index contributed by atoms with van der Waals surface area (Å²) in [4.78, 5) is 32.8. The van der Waals surface area contributed by atoms with E-state index in [1.165, 1.54) is 5.56 Å². The third-order valence-corrected chi connectivity index (χ3v) is 8.79. The number of carboxylic acids is 1. The summed E-state index contributed by atoms with van der Waals surface area (Å²) in [6.07, 6.45) is 8.57. The van der Waals surface area contributed by atoms with E-state index in [0.717, 1.165) is 87.0 Å². The molecule has 3 atom stereocenters. The number of carbonyl (C=O) groups excluding carboxylic acids is 1. The van der Waals surface area contributed by atoms with E-state index in [1.807, 2.05) is 22.9 Å². The maximum Gasteiger partial charge on any atom is 0.312 e. The van der Waals surface area contributed by atoms with E-state index in [0.29, 0.717) is 25.3 Å². The van der Waals surface area contributed by atoms with E-state index in [1.54, 1.807) is 6.20 Å². The summed E-state index contributed by atoms with van der Waals surface area (Å²) in [5.41, 5.74) is 3.91. The number of ether oxygens (including phenoxy) is 1. The van der Waals surface area contributed by atoms with E-state index in [-0.39, 0.29) is 24.4 Å². The molecule has 218 valence electrons. The Morgan fingerprint density at radius 2 is 2.12 bits per heavy atom. The zero-order chi connectivity index (χ0) is 28.2. The Bertz CT molecular complexity index is 1380. The van der Waals surface area contributed by atoms with Crippen LogP contribution in [0.25, 0.3) is 10.9 Å². The second-order valence-corrected chi connectivity index (χ2v) is 11.6. The Morgan fingerprint density at radius 3 is 2.98 bits per heavy atom. The highest BCUT2D eigenvalue weighted by molar-refractivity contribution is 5.89. The largest absolute Gasteiger partial charge is 0.481 e. The second-order valence-electron chi connectivity index (χ2n) is 11.6. The summed E-state index contributed by atoms with van der Waals surface area (Å²) in [7, 11) is 0. The number of hydrogen-bond acceptors (Lipinski definition) is 7. The number of anilines is 1. The van der Waals surface area contributed by atoms with Crippen LogP contribution in [0.4, 0.5) is 5.82 Å². The summed E-state index contributed by atoms with van der Waals surface area (Å²) >= 11 is 0. The zero-order valence-electron chi connectivity index (χ0n) is 23.6. The Hall–Kier alpha value is -3.50. The number of pyridine rings is 1. The molecule has 0 aliphatic carbocycles. The molecule has 3 N–H and O–H groups in total. The Balaban J connectivity index is 1.05. The molecule has 5 heterocycles. The van der Waals surface area contributed by atoms with Gasteiger partial charge in [-0.3, -0.25) is 14.3 Å². The summed E-state index contributed by atoms with van der Waals surface area (Å²) in [6.45, 7) is 4.89. The fourth-order valence-electron chi connectivity index (χ4n) is 6.55. The first kappa shape index (κ1) is 27.7. The van der Waals surface area contributed by atoms with Gasteiger partial charge in [0, 0.05) is 37.3 Å². The summed E-state index contributed by atoms with van der Waals surface area (Å²) in [5, 5.41) is 22.0. The number of nitrogens with zero attached hydrogens (tertiary/aromatic N) is 4. The fourth-order valence-corrected chi connectivity index (χ4v) is 6.55. The topological polar surface area (TPSA) is 122 Å². The van der Waals surface area contributed by atoms with Gasteiger partial charge in [-0.1, -0.05) is 24.3 Å². The van der Waals surface area contributed by atoms with Crippen molar-refractivity contribution in [3.8, 4) is 0 Å². The maximum atomic E-state index is 13.2. The number of carboxylic acid groups (broad SMARTS) is 1. The van der Waals surface area contributed by atoms with Crippen molar-refractivity contribution < 1.29 is 19.4 Å². The monoisotopic (exact) mass is 560 g/mol. The average Bonchev–Trinajstić information content (AvgIpc) is 3.68. The van der Waals surface area contributed by atoms with E-state index in [4.69, 9.17) is 9.72 Å². The number of fused-ring (bicyclic) bond motifs is 2. The van der Waals surface area contributed by atoms with E-state index in [2.05, 4.69) is 32.8 Å². The summed E-state index contributed by atoms with van der Waals surface area (Å²) in [5.74, 6) is -0.978. The number of amides is 1. The number of aromatic nitrogens is 3. The van der Waals surface area contributed by atoms with Crippen molar-refractivity contribution in [3.05, 3.63) is 53.3 Å². The minimum absolute atomic E-state index is 0.0498. The molecule has 0 radical (unpaired) electrons. The minimum Gasteiger partial charge on any atom is -0.481 e. The van der Waals surface area contributed by atoms with Crippen molar-refractivity contribution in [2.45, 2.75) is 56.9 Å². The molecule has 41 heavy (non-hydrogen) atoms. The molecule has 10 nitrogen and oxygen atoms in total. The SMILES string of the molecule is O=C(NC[C@H](C(=O)O)c1cccc2cnn([C@@H]3CCOC3)c12)[C@@H]1CCCN(CCCc2ccc3c(n2)NCCC3)C1. The maximum absolute atomic E-state index is 13.2. The molecule has 2 aromatic heterocycles. The normalized spacial score (nSPS) is 21.8. The quantitative estimate of drug-likeness (QED) is 0.345. The first-order valence-electron chi connectivity index (χ1n) is 15.1. The van der Waals surface area contributed by atoms with Crippen LogP contribution in [0.15, 0.2) is 36.5 Å². The highest BCUT2D eigenvalue weighted by atomic mass is 16.5. The van der Waals surface area contributed by atoms with Crippen LogP contribution >= 0.6 is 0 Å². The lowest BCUT2D eigenvalue weighted by Gasteiger charge is -2.32. The predicted octanol–water partition coefficient (Wildman–Crippen LogP) is 3.38. The van der Waals surface area contributed by atoms with Crippen LogP contribution in [0.3, 0.4) is 0 Å². The van der Waals surface area contributed by atoms with Gasteiger partial charge in [0.15, 0.2) is 0 Å². The molecule has 0 unspecified atom stereocenters. The molecule has 0 saturated carbocycles. The molecule has 2 fully saturated rings. The molecule has 2 saturated heterocycles. The van der Waals surface area contributed by atoms with E-state index in [9.17, 15) is 14.7 Å². The summed E-state index contributed by atoms with van der Waals surface area (Å²) in [6, 6.07) is 10.1. The van der Waals surface area contributed by atoms with Crippen LogP contribution in [0.2, 0.25) is 0 Å². The van der Waals surface area contributed by atoms with Gasteiger partial charge in [0.05, 0.1) is 30.3 Å². The zero-order valence-corrected chi connectivity index (χ0v) is 23.6. The minimum atomic E-state index is -0.954. The average molecular weight is 561 g/mol. The number of nitrogens with one attached hydrogen (secondary N) is 2. The van der Waals surface area contributed by atoms with Crippen molar-refractivity contribution in [1.29, 1.82) is 0 Å². The van der Waals surface area contributed by atoms with Crippen LogP contribution in [0.5, 0.6) is 0 Å². The van der Waals surface area contributed by atoms with Crippen molar-refractivity contribution in [2.24, 2.45) is 5.92 Å². The van der Waals surface area contributed by atoms with Crippen LogP contribution in [-0.4, -0.2) is 82.6 Å². The number of aryl methyl sites for hydroxylation is 2. The highest BCUT2D eigenvalue weighted by Crippen LogP contribution is 2.31. The molecule has 1 aromatic carbocycles. The van der Waals surface area contributed by atoms with E-state index < -0.39 is 11.9 Å². The standard InChI is InChI=1S/C31H40N6O4/c38-30(23-7-3-14-36(19-23)15-4-8-24-11-10-21-6-2-13-32-29(21)35-24)33-18-27(31(39)40)26-9-1-5-22-17-34-37(28(22)26)25-12-16-41-20-25/h1,5,9-11,17,23,25,27H,2-4,6-8,12-16,18-20H2,(H,32,35)(H,33,38)(H,39,40)/t23-,25-,27+/m1/s1.